The highest BCUT2D eigenvalue weighted by Crippen LogP contribution is 2.10. The third-order valence-corrected chi connectivity index (χ3v) is 2.27. The van der Waals surface area contributed by atoms with E-state index in [0.29, 0.717) is 12.5 Å². The van der Waals surface area contributed by atoms with Gasteiger partial charge in [0.25, 0.3) is 0 Å². The third-order valence-electron chi connectivity index (χ3n) is 2.27. The summed E-state index contributed by atoms with van der Waals surface area (Å²) >= 11 is 0. The maximum absolute atomic E-state index is 5.77. The van der Waals surface area contributed by atoms with Crippen LogP contribution >= 0.6 is 0 Å². The number of hydrogen-bond donors (Lipinski definition) is 1. The molecule has 0 saturated heterocycles. The fourth-order valence-electron chi connectivity index (χ4n) is 1.13. The van der Waals surface area contributed by atoms with Crippen LogP contribution in [0, 0.1) is 5.92 Å². The van der Waals surface area contributed by atoms with Gasteiger partial charge in [-0.1, -0.05) is 20.8 Å². The highest BCUT2D eigenvalue weighted by Gasteiger charge is 2.17. The van der Waals surface area contributed by atoms with E-state index < -0.39 is 0 Å². The zero-order valence-electron chi connectivity index (χ0n) is 9.07. The van der Waals surface area contributed by atoms with E-state index in [2.05, 4.69) is 22.1 Å². The SMILES string of the molecule is CCC1N=NCC1=N/C=C(\N)C(C)C. The monoisotopic (exact) mass is 194 g/mol. The molecule has 1 heterocycles. The number of aliphatic imine (C=N–C) groups is 1. The van der Waals surface area contributed by atoms with Gasteiger partial charge >= 0.3 is 0 Å². The van der Waals surface area contributed by atoms with Gasteiger partial charge < -0.3 is 5.73 Å². The second-order valence-corrected chi connectivity index (χ2v) is 3.74. The van der Waals surface area contributed by atoms with Crippen LogP contribution in [-0.4, -0.2) is 18.3 Å². The zero-order valence-corrected chi connectivity index (χ0v) is 9.07. The van der Waals surface area contributed by atoms with E-state index >= 15 is 0 Å². The number of azo groups is 1. The minimum Gasteiger partial charge on any atom is -0.401 e. The number of allylic oxidation sites excluding steroid dienone is 1. The first-order valence-electron chi connectivity index (χ1n) is 5.03. The minimum atomic E-state index is 0.172. The Balaban J connectivity index is 2.65. The lowest BCUT2D eigenvalue weighted by Gasteiger charge is -2.04. The maximum Gasteiger partial charge on any atom is 0.111 e. The Morgan fingerprint density at radius 2 is 2.43 bits per heavy atom. The highest BCUT2D eigenvalue weighted by atomic mass is 15.2. The first-order valence-corrected chi connectivity index (χ1v) is 5.03. The third kappa shape index (κ3) is 2.65. The molecule has 1 unspecified atom stereocenters. The second kappa shape index (κ2) is 4.88. The lowest BCUT2D eigenvalue weighted by Crippen LogP contribution is -2.15. The van der Waals surface area contributed by atoms with Crippen molar-refractivity contribution in [2.45, 2.75) is 33.2 Å². The van der Waals surface area contributed by atoms with Crippen LogP contribution in [0.1, 0.15) is 27.2 Å². The quantitative estimate of drug-likeness (QED) is 0.735. The van der Waals surface area contributed by atoms with E-state index in [-0.39, 0.29) is 6.04 Å². The van der Waals surface area contributed by atoms with Crippen LogP contribution in [0.2, 0.25) is 0 Å². The van der Waals surface area contributed by atoms with Gasteiger partial charge in [0.15, 0.2) is 0 Å². The van der Waals surface area contributed by atoms with Gasteiger partial charge in [-0.05, 0) is 12.3 Å². The van der Waals surface area contributed by atoms with Crippen LogP contribution in [-0.2, 0) is 0 Å². The largest absolute Gasteiger partial charge is 0.401 e. The molecule has 1 rings (SSSR count). The van der Waals surface area contributed by atoms with Crippen molar-refractivity contribution in [3.05, 3.63) is 11.9 Å². The van der Waals surface area contributed by atoms with Crippen LogP contribution in [0.15, 0.2) is 27.1 Å². The van der Waals surface area contributed by atoms with Crippen molar-refractivity contribution in [1.82, 2.24) is 0 Å². The molecule has 0 radical (unpaired) electrons. The lowest BCUT2D eigenvalue weighted by atomic mass is 10.1. The Morgan fingerprint density at radius 1 is 1.71 bits per heavy atom. The molecular weight excluding hydrogens is 176 g/mol. The standard InChI is InChI=1S/C10H18N4/c1-4-9-10(6-13-14-9)12-5-8(11)7(2)3/h5,7,9H,4,6,11H2,1-3H3/b8-5-,12-10?. The van der Waals surface area contributed by atoms with Gasteiger partial charge in [0, 0.05) is 11.9 Å². The Kier molecular flexibility index (Phi) is 3.80. The van der Waals surface area contributed by atoms with E-state index in [1.54, 1.807) is 6.20 Å². The first-order chi connectivity index (χ1) is 6.65. The molecule has 4 heteroatoms. The molecule has 1 aliphatic heterocycles. The van der Waals surface area contributed by atoms with Crippen molar-refractivity contribution in [2.24, 2.45) is 26.9 Å². The molecule has 0 fully saturated rings. The van der Waals surface area contributed by atoms with Crippen LogP contribution in [0.5, 0.6) is 0 Å². The highest BCUT2D eigenvalue weighted by molar-refractivity contribution is 5.93. The van der Waals surface area contributed by atoms with Gasteiger partial charge in [0.2, 0.25) is 0 Å². The molecule has 0 spiro atoms. The van der Waals surface area contributed by atoms with Crippen LogP contribution in [0.3, 0.4) is 0 Å². The predicted octanol–water partition coefficient (Wildman–Crippen LogP) is 2.13. The molecule has 1 aliphatic rings. The van der Waals surface area contributed by atoms with E-state index in [4.69, 9.17) is 5.73 Å². The van der Waals surface area contributed by atoms with Gasteiger partial charge in [0.1, 0.15) is 12.6 Å². The van der Waals surface area contributed by atoms with Crippen molar-refractivity contribution >= 4 is 5.71 Å². The minimum absolute atomic E-state index is 0.172. The molecule has 0 saturated carbocycles. The van der Waals surface area contributed by atoms with E-state index in [1.807, 2.05) is 13.8 Å². The molecule has 0 bridgehead atoms. The van der Waals surface area contributed by atoms with Crippen molar-refractivity contribution in [1.29, 1.82) is 0 Å². The van der Waals surface area contributed by atoms with E-state index in [9.17, 15) is 0 Å². The molecule has 1 atom stereocenters. The molecule has 4 nitrogen and oxygen atoms in total. The smallest absolute Gasteiger partial charge is 0.111 e. The average molecular weight is 194 g/mol. The molecule has 2 N–H and O–H groups in total. The summed E-state index contributed by atoms with van der Waals surface area (Å²) in [4.78, 5) is 4.34. The van der Waals surface area contributed by atoms with Crippen molar-refractivity contribution in [2.75, 3.05) is 6.54 Å². The summed E-state index contributed by atoms with van der Waals surface area (Å²) in [6, 6.07) is 0.172. The Morgan fingerprint density at radius 3 is 3.00 bits per heavy atom. The first kappa shape index (κ1) is 10.9. The van der Waals surface area contributed by atoms with Crippen molar-refractivity contribution in [3.8, 4) is 0 Å². The van der Waals surface area contributed by atoms with Crippen molar-refractivity contribution in [3.63, 3.8) is 0 Å². The molecule has 0 aromatic carbocycles. The van der Waals surface area contributed by atoms with Gasteiger partial charge in [-0.15, -0.1) is 0 Å². The fourth-order valence-corrected chi connectivity index (χ4v) is 1.13. The summed E-state index contributed by atoms with van der Waals surface area (Å²) in [6.07, 6.45) is 2.69. The summed E-state index contributed by atoms with van der Waals surface area (Å²) in [5.41, 5.74) is 7.60. The van der Waals surface area contributed by atoms with Gasteiger partial charge in [-0.3, -0.25) is 4.99 Å². The normalized spacial score (nSPS) is 25.3. The van der Waals surface area contributed by atoms with Crippen LogP contribution in [0.25, 0.3) is 0 Å². The molecule has 0 aromatic rings. The summed E-state index contributed by atoms with van der Waals surface area (Å²) < 4.78 is 0. The van der Waals surface area contributed by atoms with Crippen LogP contribution in [0.4, 0.5) is 0 Å². The molecular formula is C10H18N4. The zero-order chi connectivity index (χ0) is 10.6. The number of rotatable bonds is 3. The Labute approximate surface area is 85.0 Å². The predicted molar refractivity (Wildman–Crippen MR) is 58.3 cm³/mol. The molecule has 0 aliphatic carbocycles. The van der Waals surface area contributed by atoms with Crippen molar-refractivity contribution < 1.29 is 0 Å². The van der Waals surface area contributed by atoms with Gasteiger partial charge in [-0.25, -0.2) is 0 Å². The number of nitrogens with two attached hydrogens (primary N) is 1. The molecule has 0 aromatic heterocycles. The average Bonchev–Trinajstić information content (AvgIpc) is 2.60. The second-order valence-electron chi connectivity index (χ2n) is 3.74. The summed E-state index contributed by atoms with van der Waals surface area (Å²) in [5, 5.41) is 8.05. The van der Waals surface area contributed by atoms with Gasteiger partial charge in [0.05, 0.1) is 5.71 Å². The number of nitrogens with zero attached hydrogens (tertiary/aromatic N) is 3. The topological polar surface area (TPSA) is 63.1 Å². The maximum atomic E-state index is 5.77. The molecule has 14 heavy (non-hydrogen) atoms. The molecule has 0 amide bonds. The summed E-state index contributed by atoms with van der Waals surface area (Å²) in [7, 11) is 0. The summed E-state index contributed by atoms with van der Waals surface area (Å²) in [6.45, 7) is 6.81. The van der Waals surface area contributed by atoms with Crippen LogP contribution < -0.4 is 5.73 Å². The van der Waals surface area contributed by atoms with E-state index in [1.165, 1.54) is 0 Å². The lowest BCUT2D eigenvalue weighted by molar-refractivity contribution is 0.753. The fraction of sp³-hybridized carbons (Fsp3) is 0.700. The summed E-state index contributed by atoms with van der Waals surface area (Å²) in [5.74, 6) is 0.342. The van der Waals surface area contributed by atoms with E-state index in [0.717, 1.165) is 17.8 Å². The molecule has 78 valence electrons. The Bertz CT molecular complexity index is 276. The Hall–Kier alpha value is -1.19. The number of hydrogen-bond acceptors (Lipinski definition) is 4. The van der Waals surface area contributed by atoms with Gasteiger partial charge in [-0.2, -0.15) is 10.2 Å².